The summed E-state index contributed by atoms with van der Waals surface area (Å²) in [4.78, 5) is 28.6. The van der Waals surface area contributed by atoms with Crippen LogP contribution in [0.2, 0.25) is 0 Å². The highest BCUT2D eigenvalue weighted by Crippen LogP contribution is 2.21. The van der Waals surface area contributed by atoms with Crippen molar-refractivity contribution in [3.8, 4) is 5.75 Å². The molecule has 0 atom stereocenters. The van der Waals surface area contributed by atoms with Crippen LogP contribution in [0, 0.1) is 0 Å². The van der Waals surface area contributed by atoms with Gasteiger partial charge in [0.2, 0.25) is 0 Å². The molecule has 0 unspecified atom stereocenters. The van der Waals surface area contributed by atoms with Crippen molar-refractivity contribution in [3.05, 3.63) is 60.8 Å². The molecule has 0 saturated carbocycles. The molecule has 0 spiro atoms. The number of fused-ring (bicyclic) bond motifs is 1. The summed E-state index contributed by atoms with van der Waals surface area (Å²) in [5, 5.41) is 6.05. The summed E-state index contributed by atoms with van der Waals surface area (Å²) in [6, 6.07) is 15.9. The number of nitrogens with one attached hydrogen (secondary N) is 2. The molecule has 132 valence electrons. The van der Waals surface area contributed by atoms with Gasteiger partial charge in [0.25, 0.3) is 0 Å². The highest BCUT2D eigenvalue weighted by molar-refractivity contribution is 6.44. The van der Waals surface area contributed by atoms with Gasteiger partial charge < -0.3 is 15.4 Å². The standard InChI is InChI=1S/C20H19N3O3/c1-13(2)26-16-10-8-15(9-11-16)22-19(24)20(25)23-17-7-3-5-14-6-4-12-21-18(14)17/h3-13H,1-2H3,(H,22,24)(H,23,25). The van der Waals surface area contributed by atoms with Crippen molar-refractivity contribution in [1.29, 1.82) is 0 Å². The molecule has 3 aromatic rings. The van der Waals surface area contributed by atoms with Gasteiger partial charge in [0.05, 0.1) is 17.3 Å². The number of hydrogen-bond acceptors (Lipinski definition) is 4. The Kier molecular flexibility index (Phi) is 5.12. The van der Waals surface area contributed by atoms with Gasteiger partial charge in [-0.15, -0.1) is 0 Å². The zero-order valence-corrected chi connectivity index (χ0v) is 14.5. The second-order valence-electron chi connectivity index (χ2n) is 5.98. The van der Waals surface area contributed by atoms with Crippen molar-refractivity contribution in [2.75, 3.05) is 10.6 Å². The lowest BCUT2D eigenvalue weighted by Gasteiger charge is -2.11. The van der Waals surface area contributed by atoms with Crippen molar-refractivity contribution in [2.45, 2.75) is 20.0 Å². The Hall–Kier alpha value is -3.41. The number of hydrogen-bond donors (Lipinski definition) is 2. The Morgan fingerprint density at radius 3 is 2.35 bits per heavy atom. The quantitative estimate of drug-likeness (QED) is 0.705. The first-order valence-corrected chi connectivity index (χ1v) is 8.26. The Bertz CT molecular complexity index is 931. The second kappa shape index (κ2) is 7.65. The van der Waals surface area contributed by atoms with Crippen molar-refractivity contribution in [2.24, 2.45) is 0 Å². The number of aromatic nitrogens is 1. The smallest absolute Gasteiger partial charge is 0.314 e. The molecule has 2 aromatic carbocycles. The van der Waals surface area contributed by atoms with E-state index in [-0.39, 0.29) is 6.10 Å². The van der Waals surface area contributed by atoms with Crippen LogP contribution in [0.4, 0.5) is 11.4 Å². The molecule has 3 rings (SSSR count). The third-order valence-electron chi connectivity index (χ3n) is 3.57. The second-order valence-corrected chi connectivity index (χ2v) is 5.98. The summed E-state index contributed by atoms with van der Waals surface area (Å²) in [7, 11) is 0. The minimum atomic E-state index is -0.759. The highest BCUT2D eigenvalue weighted by Gasteiger charge is 2.15. The number of para-hydroxylation sites is 1. The fourth-order valence-electron chi connectivity index (χ4n) is 2.46. The first-order valence-electron chi connectivity index (χ1n) is 8.26. The minimum Gasteiger partial charge on any atom is -0.491 e. The molecule has 0 aliphatic heterocycles. The van der Waals surface area contributed by atoms with E-state index in [0.29, 0.717) is 22.6 Å². The lowest BCUT2D eigenvalue weighted by molar-refractivity contribution is -0.132. The molecule has 2 N–H and O–H groups in total. The van der Waals surface area contributed by atoms with Crippen LogP contribution < -0.4 is 15.4 Å². The molecule has 0 aliphatic rings. The van der Waals surface area contributed by atoms with Crippen LogP contribution in [0.3, 0.4) is 0 Å². The largest absolute Gasteiger partial charge is 0.491 e. The summed E-state index contributed by atoms with van der Waals surface area (Å²) in [6.07, 6.45) is 1.70. The highest BCUT2D eigenvalue weighted by atomic mass is 16.5. The molecular formula is C20H19N3O3. The predicted octanol–water partition coefficient (Wildman–Crippen LogP) is 3.60. The maximum atomic E-state index is 12.2. The summed E-state index contributed by atoms with van der Waals surface area (Å²) in [5.74, 6) is -0.814. The molecule has 0 radical (unpaired) electrons. The van der Waals surface area contributed by atoms with Gasteiger partial charge in [0, 0.05) is 17.3 Å². The first-order chi connectivity index (χ1) is 12.5. The monoisotopic (exact) mass is 349 g/mol. The van der Waals surface area contributed by atoms with E-state index in [4.69, 9.17) is 4.74 Å². The van der Waals surface area contributed by atoms with E-state index in [0.717, 1.165) is 5.39 Å². The molecule has 1 heterocycles. The zero-order valence-electron chi connectivity index (χ0n) is 14.5. The fourth-order valence-corrected chi connectivity index (χ4v) is 2.46. The number of carbonyl (C=O) groups excluding carboxylic acids is 2. The molecular weight excluding hydrogens is 330 g/mol. The fraction of sp³-hybridized carbons (Fsp3) is 0.150. The number of pyridine rings is 1. The molecule has 1 aromatic heterocycles. The predicted molar refractivity (Wildman–Crippen MR) is 101 cm³/mol. The van der Waals surface area contributed by atoms with Crippen LogP contribution in [-0.4, -0.2) is 22.9 Å². The zero-order chi connectivity index (χ0) is 18.5. The third-order valence-corrected chi connectivity index (χ3v) is 3.57. The van der Waals surface area contributed by atoms with Crippen LogP contribution in [0.1, 0.15) is 13.8 Å². The number of ether oxygens (including phenoxy) is 1. The number of nitrogens with zero attached hydrogens (tertiary/aromatic N) is 1. The molecule has 0 fully saturated rings. The Labute approximate surface area is 151 Å². The number of carbonyl (C=O) groups is 2. The molecule has 0 bridgehead atoms. The van der Waals surface area contributed by atoms with E-state index in [1.54, 1.807) is 42.6 Å². The normalized spacial score (nSPS) is 10.6. The van der Waals surface area contributed by atoms with Crippen LogP contribution in [-0.2, 0) is 9.59 Å². The van der Waals surface area contributed by atoms with Crippen molar-refractivity contribution >= 4 is 34.1 Å². The van der Waals surface area contributed by atoms with Crippen LogP contribution in [0.5, 0.6) is 5.75 Å². The van der Waals surface area contributed by atoms with Gasteiger partial charge in [-0.3, -0.25) is 14.6 Å². The van der Waals surface area contributed by atoms with Crippen molar-refractivity contribution in [1.82, 2.24) is 4.98 Å². The molecule has 0 saturated heterocycles. The Balaban J connectivity index is 1.67. The van der Waals surface area contributed by atoms with Gasteiger partial charge in [-0.1, -0.05) is 18.2 Å². The van der Waals surface area contributed by atoms with E-state index in [2.05, 4.69) is 15.6 Å². The molecule has 6 heteroatoms. The average molecular weight is 349 g/mol. The topological polar surface area (TPSA) is 80.3 Å². The summed E-state index contributed by atoms with van der Waals surface area (Å²) >= 11 is 0. The Morgan fingerprint density at radius 1 is 0.923 bits per heavy atom. The lowest BCUT2D eigenvalue weighted by Crippen LogP contribution is -2.29. The van der Waals surface area contributed by atoms with Crippen LogP contribution in [0.25, 0.3) is 10.9 Å². The maximum Gasteiger partial charge on any atom is 0.314 e. The van der Waals surface area contributed by atoms with E-state index >= 15 is 0 Å². The van der Waals surface area contributed by atoms with Gasteiger partial charge in [0.1, 0.15) is 5.75 Å². The van der Waals surface area contributed by atoms with Crippen LogP contribution >= 0.6 is 0 Å². The Morgan fingerprint density at radius 2 is 1.62 bits per heavy atom. The van der Waals surface area contributed by atoms with Crippen molar-refractivity contribution < 1.29 is 14.3 Å². The van der Waals surface area contributed by atoms with Gasteiger partial charge >= 0.3 is 11.8 Å². The summed E-state index contributed by atoms with van der Waals surface area (Å²) < 4.78 is 5.54. The molecule has 2 amide bonds. The minimum absolute atomic E-state index is 0.0653. The SMILES string of the molecule is CC(C)Oc1ccc(NC(=O)C(=O)Nc2cccc3cccnc23)cc1. The van der Waals surface area contributed by atoms with Gasteiger partial charge in [-0.05, 0) is 50.2 Å². The average Bonchev–Trinajstić information content (AvgIpc) is 2.63. The van der Waals surface area contributed by atoms with E-state index in [1.807, 2.05) is 32.0 Å². The number of rotatable bonds is 4. The van der Waals surface area contributed by atoms with E-state index < -0.39 is 11.8 Å². The number of benzene rings is 2. The first kappa shape index (κ1) is 17.4. The van der Waals surface area contributed by atoms with Gasteiger partial charge in [-0.2, -0.15) is 0 Å². The summed E-state index contributed by atoms with van der Waals surface area (Å²) in [5.41, 5.74) is 1.63. The maximum absolute atomic E-state index is 12.2. The summed E-state index contributed by atoms with van der Waals surface area (Å²) in [6.45, 7) is 3.87. The van der Waals surface area contributed by atoms with E-state index in [9.17, 15) is 9.59 Å². The number of anilines is 2. The molecule has 0 aliphatic carbocycles. The number of amides is 2. The molecule has 6 nitrogen and oxygen atoms in total. The lowest BCUT2D eigenvalue weighted by atomic mass is 10.2. The van der Waals surface area contributed by atoms with Crippen molar-refractivity contribution in [3.63, 3.8) is 0 Å². The van der Waals surface area contributed by atoms with Gasteiger partial charge in [-0.25, -0.2) is 0 Å². The van der Waals surface area contributed by atoms with Gasteiger partial charge in [0.15, 0.2) is 0 Å². The van der Waals surface area contributed by atoms with Crippen LogP contribution in [0.15, 0.2) is 60.8 Å². The van der Waals surface area contributed by atoms with E-state index in [1.165, 1.54) is 0 Å². The molecule has 26 heavy (non-hydrogen) atoms. The third kappa shape index (κ3) is 4.16.